The highest BCUT2D eigenvalue weighted by atomic mass is 16.5. The highest BCUT2D eigenvalue weighted by Crippen LogP contribution is 2.39. The Bertz CT molecular complexity index is 1170. The molecule has 0 saturated carbocycles. The van der Waals surface area contributed by atoms with Gasteiger partial charge in [-0.3, -0.25) is 9.59 Å². The third-order valence-corrected chi connectivity index (χ3v) is 5.90. The summed E-state index contributed by atoms with van der Waals surface area (Å²) >= 11 is 0. The number of nitrogens with zero attached hydrogens (tertiary/aromatic N) is 1. The van der Waals surface area contributed by atoms with Crippen LogP contribution in [-0.4, -0.2) is 41.0 Å². The summed E-state index contributed by atoms with van der Waals surface area (Å²) in [5.41, 5.74) is 2.50. The minimum absolute atomic E-state index is 0.00434. The quantitative estimate of drug-likeness (QED) is 0.457. The normalized spacial score (nSPS) is 16.6. The molecule has 6 heteroatoms. The SMILES string of the molecule is CC(C)OCCN1C(=O)C(O)=C(C(=O)c2cc3ccccc3o2)C1c1ccc(C(C)C)cc1. The summed E-state index contributed by atoms with van der Waals surface area (Å²) in [6, 6.07) is 16.0. The molecule has 1 aromatic heterocycles. The summed E-state index contributed by atoms with van der Waals surface area (Å²) in [5, 5.41) is 11.6. The van der Waals surface area contributed by atoms with E-state index in [1.165, 1.54) is 4.90 Å². The second kappa shape index (κ2) is 9.24. The van der Waals surface area contributed by atoms with Crippen LogP contribution in [0, 0.1) is 0 Å². The minimum Gasteiger partial charge on any atom is -0.503 e. The molecular formula is C27H29NO5. The number of hydrogen-bond acceptors (Lipinski definition) is 5. The zero-order chi connectivity index (χ0) is 23.7. The van der Waals surface area contributed by atoms with Crippen LogP contribution >= 0.6 is 0 Å². The van der Waals surface area contributed by atoms with Gasteiger partial charge >= 0.3 is 0 Å². The third-order valence-electron chi connectivity index (χ3n) is 5.90. The molecule has 172 valence electrons. The first-order chi connectivity index (χ1) is 15.8. The summed E-state index contributed by atoms with van der Waals surface area (Å²) < 4.78 is 11.4. The summed E-state index contributed by atoms with van der Waals surface area (Å²) in [5.74, 6) is -1.18. The Morgan fingerprint density at radius 2 is 1.79 bits per heavy atom. The van der Waals surface area contributed by atoms with E-state index >= 15 is 0 Å². The van der Waals surface area contributed by atoms with E-state index in [4.69, 9.17) is 9.15 Å². The van der Waals surface area contributed by atoms with Crippen LogP contribution in [0.3, 0.4) is 0 Å². The van der Waals surface area contributed by atoms with E-state index in [0.717, 1.165) is 16.5 Å². The van der Waals surface area contributed by atoms with Gasteiger partial charge < -0.3 is 19.2 Å². The Morgan fingerprint density at radius 3 is 2.42 bits per heavy atom. The van der Waals surface area contributed by atoms with Gasteiger partial charge in [0, 0.05) is 11.9 Å². The number of para-hydroxylation sites is 1. The Labute approximate surface area is 193 Å². The van der Waals surface area contributed by atoms with Crippen molar-refractivity contribution in [1.29, 1.82) is 0 Å². The molecule has 1 unspecified atom stereocenters. The summed E-state index contributed by atoms with van der Waals surface area (Å²) in [4.78, 5) is 28.1. The number of benzene rings is 2. The molecule has 1 amide bonds. The van der Waals surface area contributed by atoms with Crippen molar-refractivity contribution in [3.63, 3.8) is 0 Å². The number of Topliss-reactive ketones (excluding diaryl/α,β-unsaturated/α-hetero) is 1. The van der Waals surface area contributed by atoms with Gasteiger partial charge in [0.2, 0.25) is 5.78 Å². The number of rotatable bonds is 8. The van der Waals surface area contributed by atoms with Gasteiger partial charge in [-0.05, 0) is 43.0 Å². The van der Waals surface area contributed by atoms with E-state index in [9.17, 15) is 14.7 Å². The zero-order valence-electron chi connectivity index (χ0n) is 19.4. The third kappa shape index (κ3) is 4.44. The van der Waals surface area contributed by atoms with Crippen molar-refractivity contribution >= 4 is 22.7 Å². The standard InChI is InChI=1S/C27H29NO5/c1-16(2)18-9-11-19(12-10-18)24-23(26(30)27(31)28(24)13-14-32-17(3)4)25(29)22-15-20-7-5-6-8-21(20)33-22/h5-12,15-17,24,30H,13-14H2,1-4H3. The van der Waals surface area contributed by atoms with Crippen LogP contribution in [-0.2, 0) is 9.53 Å². The molecule has 0 saturated heterocycles. The van der Waals surface area contributed by atoms with Crippen molar-refractivity contribution in [2.45, 2.75) is 45.8 Å². The fourth-order valence-corrected chi connectivity index (χ4v) is 4.14. The molecule has 3 aromatic rings. The number of ketones is 1. The molecular weight excluding hydrogens is 418 g/mol. The van der Waals surface area contributed by atoms with Crippen molar-refractivity contribution < 1.29 is 23.8 Å². The van der Waals surface area contributed by atoms with Crippen molar-refractivity contribution in [3.8, 4) is 0 Å². The monoisotopic (exact) mass is 447 g/mol. The van der Waals surface area contributed by atoms with Crippen molar-refractivity contribution in [2.75, 3.05) is 13.2 Å². The van der Waals surface area contributed by atoms with Crippen LogP contribution in [0.1, 0.15) is 61.3 Å². The molecule has 1 aliphatic heterocycles. The molecule has 1 atom stereocenters. The maximum absolute atomic E-state index is 13.5. The lowest BCUT2D eigenvalue weighted by Crippen LogP contribution is -2.34. The largest absolute Gasteiger partial charge is 0.503 e. The van der Waals surface area contributed by atoms with Gasteiger partial charge in [-0.2, -0.15) is 0 Å². The molecule has 0 aliphatic carbocycles. The number of carbonyl (C=O) groups is 2. The Morgan fingerprint density at radius 1 is 1.09 bits per heavy atom. The van der Waals surface area contributed by atoms with Crippen molar-refractivity contribution in [3.05, 3.63) is 82.8 Å². The smallest absolute Gasteiger partial charge is 0.290 e. The van der Waals surface area contributed by atoms with Gasteiger partial charge in [-0.1, -0.05) is 56.3 Å². The van der Waals surface area contributed by atoms with E-state index in [-0.39, 0.29) is 24.0 Å². The van der Waals surface area contributed by atoms with Gasteiger partial charge in [-0.25, -0.2) is 0 Å². The number of carbonyl (C=O) groups excluding carboxylic acids is 2. The number of furan rings is 1. The Kier molecular flexibility index (Phi) is 6.38. The molecule has 2 aromatic carbocycles. The van der Waals surface area contributed by atoms with Crippen molar-refractivity contribution in [2.24, 2.45) is 0 Å². The lowest BCUT2D eigenvalue weighted by atomic mass is 9.93. The predicted octanol–water partition coefficient (Wildman–Crippen LogP) is 5.56. The number of hydrogen-bond donors (Lipinski definition) is 1. The predicted molar refractivity (Wildman–Crippen MR) is 126 cm³/mol. The summed E-state index contributed by atoms with van der Waals surface area (Å²) in [6.07, 6.45) is 0.00434. The number of fused-ring (bicyclic) bond motifs is 1. The van der Waals surface area contributed by atoms with Crippen LogP contribution in [0.25, 0.3) is 11.0 Å². The van der Waals surface area contributed by atoms with Crippen molar-refractivity contribution in [1.82, 2.24) is 4.90 Å². The molecule has 0 spiro atoms. The number of aliphatic hydroxyl groups is 1. The molecule has 33 heavy (non-hydrogen) atoms. The minimum atomic E-state index is -0.727. The van der Waals surface area contributed by atoms with Gasteiger partial charge in [0.15, 0.2) is 11.5 Å². The maximum Gasteiger partial charge on any atom is 0.290 e. The summed E-state index contributed by atoms with van der Waals surface area (Å²) in [6.45, 7) is 8.58. The number of amides is 1. The van der Waals surface area contributed by atoms with Gasteiger partial charge in [-0.15, -0.1) is 0 Å². The van der Waals surface area contributed by atoms with Crippen LogP contribution < -0.4 is 0 Å². The fraction of sp³-hybridized carbons (Fsp3) is 0.333. The van der Waals surface area contributed by atoms with Gasteiger partial charge in [0.1, 0.15) is 5.58 Å². The van der Waals surface area contributed by atoms with E-state index in [2.05, 4.69) is 13.8 Å². The molecule has 2 heterocycles. The van der Waals surface area contributed by atoms with Crippen LogP contribution in [0.15, 0.2) is 70.3 Å². The molecule has 0 bridgehead atoms. The highest BCUT2D eigenvalue weighted by molar-refractivity contribution is 6.16. The van der Waals surface area contributed by atoms with Crippen LogP contribution in [0.4, 0.5) is 0 Å². The summed E-state index contributed by atoms with van der Waals surface area (Å²) in [7, 11) is 0. The van der Waals surface area contributed by atoms with Gasteiger partial charge in [0.05, 0.1) is 24.3 Å². The van der Waals surface area contributed by atoms with E-state index < -0.39 is 23.5 Å². The zero-order valence-corrected chi connectivity index (χ0v) is 19.4. The lowest BCUT2D eigenvalue weighted by molar-refractivity contribution is -0.130. The van der Waals surface area contributed by atoms with Crippen LogP contribution in [0.5, 0.6) is 0 Å². The maximum atomic E-state index is 13.5. The van der Waals surface area contributed by atoms with E-state index in [0.29, 0.717) is 18.1 Å². The first-order valence-electron chi connectivity index (χ1n) is 11.3. The molecule has 1 N–H and O–H groups in total. The Hall–Kier alpha value is -3.38. The average molecular weight is 448 g/mol. The van der Waals surface area contributed by atoms with E-state index in [1.807, 2.05) is 56.3 Å². The molecule has 6 nitrogen and oxygen atoms in total. The second-order valence-corrected chi connectivity index (χ2v) is 8.88. The Balaban J connectivity index is 1.74. The number of ether oxygens (including phenoxy) is 1. The average Bonchev–Trinajstić information content (AvgIpc) is 3.33. The second-order valence-electron chi connectivity index (χ2n) is 8.88. The molecule has 1 aliphatic rings. The molecule has 0 radical (unpaired) electrons. The first-order valence-corrected chi connectivity index (χ1v) is 11.3. The lowest BCUT2D eigenvalue weighted by Gasteiger charge is -2.27. The number of aliphatic hydroxyl groups excluding tert-OH is 1. The van der Waals surface area contributed by atoms with Gasteiger partial charge in [0.25, 0.3) is 5.91 Å². The highest BCUT2D eigenvalue weighted by Gasteiger charge is 2.44. The molecule has 0 fully saturated rings. The fourth-order valence-electron chi connectivity index (χ4n) is 4.14. The van der Waals surface area contributed by atoms with E-state index in [1.54, 1.807) is 12.1 Å². The topological polar surface area (TPSA) is 80.0 Å². The first kappa shape index (κ1) is 22.8. The van der Waals surface area contributed by atoms with Crippen LogP contribution in [0.2, 0.25) is 0 Å². The molecule has 4 rings (SSSR count).